The molecule has 2 atom stereocenters. The van der Waals surface area contributed by atoms with Crippen molar-refractivity contribution >= 4 is 11.7 Å². The van der Waals surface area contributed by atoms with Gasteiger partial charge in [0.15, 0.2) is 0 Å². The molecule has 4 rings (SSSR count). The minimum atomic E-state index is 0.152. The number of aromatic nitrogens is 3. The summed E-state index contributed by atoms with van der Waals surface area (Å²) in [7, 11) is 0. The maximum Gasteiger partial charge on any atom is 0.226 e. The van der Waals surface area contributed by atoms with Gasteiger partial charge in [-0.25, -0.2) is 0 Å². The molecule has 2 aromatic heterocycles. The van der Waals surface area contributed by atoms with E-state index in [4.69, 9.17) is 0 Å². The molecule has 1 N–H and O–H groups in total. The summed E-state index contributed by atoms with van der Waals surface area (Å²) in [6.45, 7) is 1.63. The van der Waals surface area contributed by atoms with Crippen LogP contribution in [0.1, 0.15) is 30.7 Å². The average Bonchev–Trinajstić information content (AvgIpc) is 3.44. The lowest BCUT2D eigenvalue weighted by molar-refractivity contribution is -0.133. The highest BCUT2D eigenvalue weighted by atomic mass is 16.2. The lowest BCUT2D eigenvalue weighted by Crippen LogP contribution is -2.43. The molecule has 6 heteroatoms. The minimum Gasteiger partial charge on any atom is -0.366 e. The zero-order valence-electron chi connectivity index (χ0n) is 13.5. The maximum absolute atomic E-state index is 12.7. The van der Waals surface area contributed by atoms with Crippen LogP contribution in [0.2, 0.25) is 0 Å². The Morgan fingerprint density at radius 3 is 2.71 bits per heavy atom. The number of piperidine rings is 1. The van der Waals surface area contributed by atoms with E-state index >= 15 is 0 Å². The Balaban J connectivity index is 1.28. The fraction of sp³-hybridized carbons (Fsp3) is 0.444. The molecule has 24 heavy (non-hydrogen) atoms. The monoisotopic (exact) mass is 323 g/mol. The molecule has 2 aliphatic rings. The van der Waals surface area contributed by atoms with Crippen LogP contribution in [0.15, 0.2) is 42.9 Å². The third kappa shape index (κ3) is 3.22. The highest BCUT2D eigenvalue weighted by Gasteiger charge is 2.46. The van der Waals surface area contributed by atoms with E-state index in [1.807, 2.05) is 29.3 Å². The van der Waals surface area contributed by atoms with E-state index in [-0.39, 0.29) is 5.92 Å². The molecule has 1 saturated carbocycles. The Morgan fingerprint density at radius 2 is 2.00 bits per heavy atom. The quantitative estimate of drug-likeness (QED) is 0.933. The Kier molecular flexibility index (Phi) is 4.11. The van der Waals surface area contributed by atoms with Gasteiger partial charge >= 0.3 is 0 Å². The minimum absolute atomic E-state index is 0.152. The molecule has 1 amide bonds. The van der Waals surface area contributed by atoms with Crippen molar-refractivity contribution in [3.63, 3.8) is 0 Å². The lowest BCUT2D eigenvalue weighted by Gasteiger charge is -2.32. The van der Waals surface area contributed by atoms with E-state index < -0.39 is 0 Å². The van der Waals surface area contributed by atoms with Crippen molar-refractivity contribution in [2.75, 3.05) is 18.4 Å². The van der Waals surface area contributed by atoms with E-state index in [0.717, 1.165) is 38.2 Å². The molecule has 3 heterocycles. The summed E-state index contributed by atoms with van der Waals surface area (Å²) in [6, 6.07) is 8.17. The van der Waals surface area contributed by atoms with Crippen molar-refractivity contribution in [3.05, 3.63) is 48.4 Å². The summed E-state index contributed by atoms with van der Waals surface area (Å²) < 4.78 is 0. The predicted octanol–water partition coefficient (Wildman–Crippen LogP) is 2.08. The molecule has 1 saturated heterocycles. The largest absolute Gasteiger partial charge is 0.366 e. The molecule has 6 nitrogen and oxygen atoms in total. The summed E-state index contributed by atoms with van der Waals surface area (Å²) in [5.41, 5.74) is 1.19. The van der Waals surface area contributed by atoms with Gasteiger partial charge in [-0.1, -0.05) is 6.07 Å². The second-order valence-electron chi connectivity index (χ2n) is 6.59. The topological polar surface area (TPSA) is 71.0 Å². The van der Waals surface area contributed by atoms with Crippen LogP contribution in [0.3, 0.4) is 0 Å². The summed E-state index contributed by atoms with van der Waals surface area (Å²) >= 11 is 0. The molecule has 0 radical (unpaired) electrons. The van der Waals surface area contributed by atoms with Gasteiger partial charge in [-0.15, -0.1) is 5.10 Å². The first-order chi connectivity index (χ1) is 11.8. The number of carbonyl (C=O) groups excluding carboxylic acids is 1. The normalized spacial score (nSPS) is 23.8. The predicted molar refractivity (Wildman–Crippen MR) is 90.3 cm³/mol. The van der Waals surface area contributed by atoms with Crippen molar-refractivity contribution in [3.8, 4) is 0 Å². The molecule has 2 aromatic rings. The molecule has 1 aliphatic heterocycles. The van der Waals surface area contributed by atoms with Crippen molar-refractivity contribution in [1.29, 1.82) is 0 Å². The molecular formula is C18H21N5O. The van der Waals surface area contributed by atoms with E-state index in [0.29, 0.717) is 17.9 Å². The summed E-state index contributed by atoms with van der Waals surface area (Å²) in [4.78, 5) is 18.9. The van der Waals surface area contributed by atoms with Gasteiger partial charge in [-0.05, 0) is 48.9 Å². The van der Waals surface area contributed by atoms with Crippen LogP contribution in [0.4, 0.5) is 5.82 Å². The van der Waals surface area contributed by atoms with E-state index in [9.17, 15) is 4.79 Å². The Bertz CT molecular complexity index is 685. The number of rotatable bonds is 4. The Morgan fingerprint density at radius 1 is 1.17 bits per heavy atom. The van der Waals surface area contributed by atoms with Crippen LogP contribution in [0.5, 0.6) is 0 Å². The van der Waals surface area contributed by atoms with E-state index in [2.05, 4.69) is 26.6 Å². The first-order valence-corrected chi connectivity index (χ1v) is 8.54. The van der Waals surface area contributed by atoms with Gasteiger partial charge in [0.2, 0.25) is 5.91 Å². The van der Waals surface area contributed by atoms with E-state index in [1.165, 1.54) is 5.56 Å². The number of nitrogens with one attached hydrogen (secondary N) is 1. The Hall–Kier alpha value is -2.50. The average molecular weight is 323 g/mol. The van der Waals surface area contributed by atoms with Crippen molar-refractivity contribution in [2.24, 2.45) is 5.92 Å². The highest BCUT2D eigenvalue weighted by Crippen LogP contribution is 2.48. The number of anilines is 1. The molecule has 0 unspecified atom stereocenters. The van der Waals surface area contributed by atoms with Crippen LogP contribution < -0.4 is 5.32 Å². The molecule has 2 fully saturated rings. The van der Waals surface area contributed by atoms with Gasteiger partial charge in [0.1, 0.15) is 5.82 Å². The van der Waals surface area contributed by atoms with Gasteiger partial charge in [0.05, 0.1) is 0 Å². The smallest absolute Gasteiger partial charge is 0.226 e. The van der Waals surface area contributed by atoms with Crippen molar-refractivity contribution in [1.82, 2.24) is 20.1 Å². The number of hydrogen-bond acceptors (Lipinski definition) is 5. The van der Waals surface area contributed by atoms with Crippen LogP contribution in [-0.4, -0.2) is 45.1 Å². The molecule has 124 valence electrons. The van der Waals surface area contributed by atoms with Crippen LogP contribution in [0.25, 0.3) is 0 Å². The summed E-state index contributed by atoms with van der Waals surface area (Å²) in [5.74, 6) is 1.63. The van der Waals surface area contributed by atoms with Gasteiger partial charge in [-0.2, -0.15) is 5.10 Å². The fourth-order valence-electron chi connectivity index (χ4n) is 3.50. The highest BCUT2D eigenvalue weighted by molar-refractivity contribution is 5.83. The van der Waals surface area contributed by atoms with Crippen molar-refractivity contribution in [2.45, 2.75) is 31.2 Å². The maximum atomic E-state index is 12.7. The van der Waals surface area contributed by atoms with Crippen molar-refractivity contribution < 1.29 is 4.79 Å². The third-order valence-electron chi connectivity index (χ3n) is 4.95. The number of likely N-dealkylation sites (tertiary alicyclic amines) is 1. The van der Waals surface area contributed by atoms with Gasteiger partial charge < -0.3 is 10.2 Å². The first kappa shape index (κ1) is 15.1. The molecular weight excluding hydrogens is 302 g/mol. The number of hydrogen-bond donors (Lipinski definition) is 1. The number of pyridine rings is 1. The van der Waals surface area contributed by atoms with Gasteiger partial charge in [0, 0.05) is 43.6 Å². The molecule has 1 aliphatic carbocycles. The zero-order valence-corrected chi connectivity index (χ0v) is 13.5. The molecule has 0 bridgehead atoms. The lowest BCUT2D eigenvalue weighted by atomic mass is 10.0. The Labute approximate surface area is 141 Å². The SMILES string of the molecule is O=C([C@H]1C[C@H]1c1cccnc1)N1CCC(Nc2cccnn2)CC1. The fourth-order valence-corrected chi connectivity index (χ4v) is 3.50. The van der Waals surface area contributed by atoms with Gasteiger partial charge in [-0.3, -0.25) is 9.78 Å². The summed E-state index contributed by atoms with van der Waals surface area (Å²) in [5, 5.41) is 11.3. The summed E-state index contributed by atoms with van der Waals surface area (Å²) in [6.07, 6.45) is 8.19. The number of carbonyl (C=O) groups is 1. The van der Waals surface area contributed by atoms with Crippen LogP contribution >= 0.6 is 0 Å². The van der Waals surface area contributed by atoms with Crippen LogP contribution in [0, 0.1) is 5.92 Å². The second kappa shape index (κ2) is 6.55. The molecule has 0 aromatic carbocycles. The second-order valence-corrected chi connectivity index (χ2v) is 6.59. The van der Waals surface area contributed by atoms with Gasteiger partial charge in [0.25, 0.3) is 0 Å². The standard InChI is InChI=1S/C18H21N5O/c24-18(16-11-15(16)13-3-1-7-19-12-13)23-9-5-14(6-10-23)21-17-4-2-8-20-22-17/h1-4,7-8,12,14-16H,5-6,9-11H2,(H,21,22)/t15-,16-/m0/s1. The number of nitrogens with zero attached hydrogens (tertiary/aromatic N) is 4. The van der Waals surface area contributed by atoms with E-state index in [1.54, 1.807) is 12.4 Å². The van der Waals surface area contributed by atoms with Crippen LogP contribution in [-0.2, 0) is 4.79 Å². The molecule has 0 spiro atoms. The number of amides is 1. The third-order valence-corrected chi connectivity index (χ3v) is 4.95. The first-order valence-electron chi connectivity index (χ1n) is 8.54. The zero-order chi connectivity index (χ0) is 16.4.